The van der Waals surface area contributed by atoms with Gasteiger partial charge in [0, 0.05) is 25.0 Å². The third-order valence-electron chi connectivity index (χ3n) is 7.61. The molecule has 0 aliphatic heterocycles. The van der Waals surface area contributed by atoms with Crippen molar-refractivity contribution in [3.05, 3.63) is 23.3 Å². The van der Waals surface area contributed by atoms with Gasteiger partial charge >= 0.3 is 11.9 Å². The first-order valence-corrected chi connectivity index (χ1v) is 13.9. The van der Waals surface area contributed by atoms with E-state index in [1.54, 1.807) is 7.11 Å². The molecule has 0 fully saturated rings. The van der Waals surface area contributed by atoms with E-state index in [2.05, 4.69) is 41.5 Å². The van der Waals surface area contributed by atoms with Gasteiger partial charge in [-0.1, -0.05) is 67.2 Å². The van der Waals surface area contributed by atoms with Crippen LogP contribution in [-0.4, -0.2) is 37.4 Å². The average molecular weight is 521 g/mol. The molecule has 0 amide bonds. The molecule has 0 spiro atoms. The van der Waals surface area contributed by atoms with Crippen LogP contribution < -0.4 is 4.74 Å². The van der Waals surface area contributed by atoms with Crippen molar-refractivity contribution in [2.24, 2.45) is 11.8 Å². The van der Waals surface area contributed by atoms with E-state index in [1.165, 1.54) is 13.8 Å². The fourth-order valence-electron chi connectivity index (χ4n) is 4.96. The standard InChI is InChI=1S/C31H52O6/c1-22(14-18-36-24(3)32)12-10-16-30(5,6)26-21-29(35-9)27(20-28(26)34)31(7,8)17-11-13-23(2)15-19-37-25(4)33/h20-23,34H,10-19H2,1-9H3. The van der Waals surface area contributed by atoms with E-state index in [-0.39, 0.29) is 22.8 Å². The summed E-state index contributed by atoms with van der Waals surface area (Å²) in [5, 5.41) is 11.1. The van der Waals surface area contributed by atoms with E-state index < -0.39 is 0 Å². The van der Waals surface area contributed by atoms with E-state index in [0.717, 1.165) is 68.2 Å². The molecule has 0 bridgehead atoms. The molecular formula is C31H52O6. The van der Waals surface area contributed by atoms with Gasteiger partial charge in [0.1, 0.15) is 11.5 Å². The summed E-state index contributed by atoms with van der Waals surface area (Å²) in [4.78, 5) is 21.9. The fraction of sp³-hybridized carbons (Fsp3) is 0.742. The van der Waals surface area contributed by atoms with Gasteiger partial charge in [-0.25, -0.2) is 0 Å². The van der Waals surface area contributed by atoms with Crippen LogP contribution in [0.25, 0.3) is 0 Å². The number of methoxy groups -OCH3 is 1. The predicted octanol–water partition coefficient (Wildman–Crippen LogP) is 7.48. The molecule has 0 radical (unpaired) electrons. The van der Waals surface area contributed by atoms with E-state index in [9.17, 15) is 14.7 Å². The molecule has 1 aromatic carbocycles. The Morgan fingerprint density at radius 2 is 1.22 bits per heavy atom. The van der Waals surface area contributed by atoms with Crippen LogP contribution in [0.4, 0.5) is 0 Å². The van der Waals surface area contributed by atoms with Crippen molar-refractivity contribution in [1.29, 1.82) is 0 Å². The quantitative estimate of drug-likeness (QED) is 0.214. The number of carbonyl (C=O) groups is 2. The average Bonchev–Trinajstić information content (AvgIpc) is 2.78. The molecule has 0 aromatic heterocycles. The smallest absolute Gasteiger partial charge is 0.302 e. The lowest BCUT2D eigenvalue weighted by atomic mass is 9.75. The Bertz CT molecular complexity index is 857. The molecule has 0 aliphatic rings. The SMILES string of the molecule is COc1cc(C(C)(C)CCCC(C)CCOC(C)=O)c(O)cc1C(C)(C)CCCC(C)CCOC(C)=O. The summed E-state index contributed by atoms with van der Waals surface area (Å²) < 4.78 is 16.0. The van der Waals surface area contributed by atoms with Crippen molar-refractivity contribution < 1.29 is 28.9 Å². The van der Waals surface area contributed by atoms with Crippen molar-refractivity contribution >= 4 is 11.9 Å². The van der Waals surface area contributed by atoms with Gasteiger partial charge < -0.3 is 19.3 Å². The normalized spacial score (nSPS) is 13.6. The predicted molar refractivity (Wildman–Crippen MR) is 149 cm³/mol. The van der Waals surface area contributed by atoms with Gasteiger partial charge in [0.15, 0.2) is 0 Å². The number of aromatic hydroxyl groups is 1. The summed E-state index contributed by atoms with van der Waals surface area (Å²) >= 11 is 0. The Hall–Kier alpha value is -2.24. The number of hydrogen-bond acceptors (Lipinski definition) is 6. The summed E-state index contributed by atoms with van der Waals surface area (Å²) in [6.45, 7) is 17.0. The molecule has 2 unspecified atom stereocenters. The summed E-state index contributed by atoms with van der Waals surface area (Å²) in [6.07, 6.45) is 7.83. The Balaban J connectivity index is 2.79. The van der Waals surface area contributed by atoms with Crippen LogP contribution in [0.15, 0.2) is 12.1 Å². The fourth-order valence-corrected chi connectivity index (χ4v) is 4.96. The molecule has 0 saturated carbocycles. The zero-order valence-corrected chi connectivity index (χ0v) is 24.9. The highest BCUT2D eigenvalue weighted by Crippen LogP contribution is 2.44. The Morgan fingerprint density at radius 1 is 0.784 bits per heavy atom. The van der Waals surface area contributed by atoms with Gasteiger partial charge in [-0.3, -0.25) is 9.59 Å². The molecule has 0 heterocycles. The summed E-state index contributed by atoms with van der Waals surface area (Å²) in [5.74, 6) is 1.66. The maximum absolute atomic E-state index is 11.1. The first kappa shape index (κ1) is 32.8. The van der Waals surface area contributed by atoms with Crippen molar-refractivity contribution in [3.63, 3.8) is 0 Å². The lowest BCUT2D eigenvalue weighted by Crippen LogP contribution is -2.22. The molecule has 6 nitrogen and oxygen atoms in total. The number of carbonyl (C=O) groups excluding carboxylic acids is 2. The van der Waals surface area contributed by atoms with Crippen molar-refractivity contribution in [2.45, 2.75) is 118 Å². The number of hydrogen-bond donors (Lipinski definition) is 1. The van der Waals surface area contributed by atoms with Gasteiger partial charge in [-0.15, -0.1) is 0 Å². The number of ether oxygens (including phenoxy) is 3. The van der Waals surface area contributed by atoms with Crippen molar-refractivity contribution in [1.82, 2.24) is 0 Å². The Labute approximate surface area is 225 Å². The molecule has 0 saturated heterocycles. The third kappa shape index (κ3) is 11.8. The molecule has 6 heteroatoms. The maximum Gasteiger partial charge on any atom is 0.302 e. The largest absolute Gasteiger partial charge is 0.508 e. The maximum atomic E-state index is 11.1. The van der Waals surface area contributed by atoms with Gasteiger partial charge in [0.25, 0.3) is 0 Å². The zero-order chi connectivity index (χ0) is 28.2. The minimum atomic E-state index is -0.227. The molecule has 37 heavy (non-hydrogen) atoms. The number of benzene rings is 1. The second-order valence-electron chi connectivity index (χ2n) is 12.1. The lowest BCUT2D eigenvalue weighted by Gasteiger charge is -2.32. The lowest BCUT2D eigenvalue weighted by molar-refractivity contribution is -0.142. The molecule has 1 rings (SSSR count). The first-order chi connectivity index (χ1) is 17.2. The molecule has 2 atom stereocenters. The number of esters is 2. The van der Waals surface area contributed by atoms with Crippen LogP contribution in [0.3, 0.4) is 0 Å². The van der Waals surface area contributed by atoms with Gasteiger partial charge in [0.05, 0.1) is 20.3 Å². The number of phenols is 1. The molecule has 1 N–H and O–H groups in total. The number of phenolic OH excluding ortho intramolecular Hbond substituents is 1. The monoisotopic (exact) mass is 520 g/mol. The van der Waals surface area contributed by atoms with Crippen molar-refractivity contribution in [3.8, 4) is 11.5 Å². The van der Waals surface area contributed by atoms with E-state index in [1.807, 2.05) is 12.1 Å². The van der Waals surface area contributed by atoms with Gasteiger partial charge in [-0.2, -0.15) is 0 Å². The minimum absolute atomic E-state index is 0.154. The van der Waals surface area contributed by atoms with Crippen LogP contribution in [0, 0.1) is 11.8 Å². The van der Waals surface area contributed by atoms with Gasteiger partial charge in [0.2, 0.25) is 0 Å². The second-order valence-corrected chi connectivity index (χ2v) is 12.1. The molecular weight excluding hydrogens is 468 g/mol. The van der Waals surface area contributed by atoms with Gasteiger partial charge in [-0.05, 0) is 60.5 Å². The van der Waals surface area contributed by atoms with E-state index in [0.29, 0.717) is 30.8 Å². The highest BCUT2D eigenvalue weighted by atomic mass is 16.5. The van der Waals surface area contributed by atoms with Crippen LogP contribution in [0.5, 0.6) is 11.5 Å². The highest BCUT2D eigenvalue weighted by molar-refractivity contribution is 5.66. The van der Waals surface area contributed by atoms with Crippen LogP contribution >= 0.6 is 0 Å². The van der Waals surface area contributed by atoms with Crippen LogP contribution in [-0.2, 0) is 29.9 Å². The molecule has 1 aromatic rings. The number of rotatable bonds is 17. The molecule has 212 valence electrons. The highest BCUT2D eigenvalue weighted by Gasteiger charge is 2.30. The second kappa shape index (κ2) is 15.2. The summed E-state index contributed by atoms with van der Waals surface area (Å²) in [7, 11) is 1.70. The summed E-state index contributed by atoms with van der Waals surface area (Å²) in [5.41, 5.74) is 1.58. The first-order valence-electron chi connectivity index (χ1n) is 13.9. The van der Waals surface area contributed by atoms with E-state index in [4.69, 9.17) is 14.2 Å². The summed E-state index contributed by atoms with van der Waals surface area (Å²) in [6, 6.07) is 3.93. The molecule has 0 aliphatic carbocycles. The van der Waals surface area contributed by atoms with Crippen LogP contribution in [0.1, 0.15) is 118 Å². The van der Waals surface area contributed by atoms with Crippen molar-refractivity contribution in [2.75, 3.05) is 20.3 Å². The zero-order valence-electron chi connectivity index (χ0n) is 24.9. The van der Waals surface area contributed by atoms with E-state index >= 15 is 0 Å². The minimum Gasteiger partial charge on any atom is -0.508 e. The van der Waals surface area contributed by atoms with Crippen LogP contribution in [0.2, 0.25) is 0 Å². The third-order valence-corrected chi connectivity index (χ3v) is 7.61. The topological polar surface area (TPSA) is 82.1 Å². The Kier molecular flexibility index (Phi) is 13.5. The Morgan fingerprint density at radius 3 is 1.62 bits per heavy atom.